The summed E-state index contributed by atoms with van der Waals surface area (Å²) in [7, 11) is 0. The molecule has 1 aliphatic carbocycles. The molecule has 0 spiro atoms. The number of nitrogens with one attached hydrogen (secondary N) is 1. The van der Waals surface area contributed by atoms with Gasteiger partial charge in [-0.3, -0.25) is 4.57 Å². The minimum absolute atomic E-state index is 0.0546. The lowest BCUT2D eigenvalue weighted by Gasteiger charge is -2.21. The first-order valence-corrected chi connectivity index (χ1v) is 11.4. The highest BCUT2D eigenvalue weighted by molar-refractivity contribution is 5.79. The molecular formula is C23H27F2N5O4. The third-order valence-corrected chi connectivity index (χ3v) is 6.47. The van der Waals surface area contributed by atoms with E-state index < -0.39 is 31.0 Å². The molecule has 34 heavy (non-hydrogen) atoms. The average Bonchev–Trinajstić information content (AvgIpc) is 3.53. The number of aliphatic hydroxyl groups is 2. The number of anilines is 1. The molecule has 0 unspecified atom stereocenters. The Labute approximate surface area is 194 Å². The molecule has 182 valence electrons. The van der Waals surface area contributed by atoms with Gasteiger partial charge in [-0.15, -0.1) is 0 Å². The number of imidazole rings is 1. The second kappa shape index (κ2) is 9.40. The maximum absolute atomic E-state index is 12.8. The first-order chi connectivity index (χ1) is 16.4. The second-order valence-corrected chi connectivity index (χ2v) is 8.83. The van der Waals surface area contributed by atoms with E-state index in [1.54, 1.807) is 23.6 Å². The van der Waals surface area contributed by atoms with Gasteiger partial charge in [0.05, 0.1) is 6.10 Å². The molecule has 11 heteroatoms. The fourth-order valence-corrected chi connectivity index (χ4v) is 4.54. The number of ether oxygens (including phenoxy) is 2. The summed E-state index contributed by atoms with van der Waals surface area (Å²) in [6.45, 7) is 1.80. The number of rotatable bonds is 7. The van der Waals surface area contributed by atoms with Crippen LogP contribution in [-0.4, -0.2) is 54.1 Å². The Morgan fingerprint density at radius 3 is 2.53 bits per heavy atom. The first-order valence-electron chi connectivity index (χ1n) is 11.4. The smallest absolute Gasteiger partial charge is 0.263 e. The van der Waals surface area contributed by atoms with Crippen molar-refractivity contribution >= 4 is 17.1 Å². The van der Waals surface area contributed by atoms with E-state index in [0.29, 0.717) is 22.7 Å². The van der Waals surface area contributed by atoms with Crippen molar-refractivity contribution in [3.8, 4) is 5.88 Å². The maximum atomic E-state index is 12.8. The van der Waals surface area contributed by atoms with E-state index in [1.807, 2.05) is 0 Å². The molecule has 3 heterocycles. The molecule has 1 aromatic carbocycles. The van der Waals surface area contributed by atoms with Crippen LogP contribution in [-0.2, 0) is 11.3 Å². The van der Waals surface area contributed by atoms with E-state index in [1.165, 1.54) is 18.5 Å². The van der Waals surface area contributed by atoms with Crippen LogP contribution in [0.25, 0.3) is 11.2 Å². The molecule has 3 N–H and O–H groups in total. The highest BCUT2D eigenvalue weighted by atomic mass is 19.3. The summed E-state index contributed by atoms with van der Waals surface area (Å²) < 4.78 is 39.0. The number of halogens is 2. The summed E-state index contributed by atoms with van der Waals surface area (Å²) in [6.07, 6.45) is -0.617. The molecule has 1 saturated carbocycles. The normalized spacial score (nSPS) is 25.5. The zero-order valence-electron chi connectivity index (χ0n) is 18.6. The lowest BCUT2D eigenvalue weighted by Crippen LogP contribution is -2.31. The Kier molecular flexibility index (Phi) is 6.32. The molecule has 2 fully saturated rings. The number of hydrogen-bond donors (Lipinski definition) is 3. The zero-order valence-corrected chi connectivity index (χ0v) is 18.6. The summed E-state index contributed by atoms with van der Waals surface area (Å²) in [5.74, 6) is 0.677. The third kappa shape index (κ3) is 4.30. The first kappa shape index (κ1) is 22.9. The van der Waals surface area contributed by atoms with Crippen molar-refractivity contribution in [3.05, 3.63) is 41.7 Å². The number of alkyl halides is 2. The SMILES string of the molecule is C[C@H]1O[C@@H](n2c(NC3CCCC3)nc3c(OCc4ccc(C(F)F)cc4)ncnc32)[C@H](O)[C@@H]1O. The lowest BCUT2D eigenvalue weighted by atomic mass is 10.1. The number of hydrogen-bond acceptors (Lipinski definition) is 8. The molecule has 5 rings (SSSR count). The standard InChI is InChI=1S/C23H27F2N5O4/c1-12-17(31)18(32)22(34-12)30-20-16(29-23(30)28-15-4-2-3-5-15)21(27-11-26-20)33-10-13-6-8-14(9-7-13)19(24)25/h6-9,11-12,15,17-19,22,31-32H,2-5,10H2,1H3,(H,28,29)/t12-,17-,18-,22-/m1/s1. The molecule has 0 radical (unpaired) electrons. The van der Waals surface area contributed by atoms with E-state index in [2.05, 4.69) is 20.3 Å². The number of fused-ring (bicyclic) bond motifs is 1. The highest BCUT2D eigenvalue weighted by Crippen LogP contribution is 2.37. The maximum Gasteiger partial charge on any atom is 0.263 e. The second-order valence-electron chi connectivity index (χ2n) is 8.83. The van der Waals surface area contributed by atoms with Crippen molar-refractivity contribution < 1.29 is 28.5 Å². The molecule has 9 nitrogen and oxygen atoms in total. The number of aromatic nitrogens is 4. The van der Waals surface area contributed by atoms with Crippen LogP contribution < -0.4 is 10.1 Å². The van der Waals surface area contributed by atoms with Gasteiger partial charge in [0.2, 0.25) is 11.8 Å². The summed E-state index contributed by atoms with van der Waals surface area (Å²) in [6, 6.07) is 6.11. The van der Waals surface area contributed by atoms with Gasteiger partial charge in [0.25, 0.3) is 6.43 Å². The molecule has 2 aliphatic rings. The Hall–Kier alpha value is -2.89. The molecule has 0 bridgehead atoms. The Morgan fingerprint density at radius 2 is 1.88 bits per heavy atom. The van der Waals surface area contributed by atoms with Gasteiger partial charge >= 0.3 is 0 Å². The van der Waals surface area contributed by atoms with Gasteiger partial charge in [-0.2, -0.15) is 4.98 Å². The molecular weight excluding hydrogens is 448 g/mol. The Balaban J connectivity index is 1.47. The zero-order chi connectivity index (χ0) is 23.8. The lowest BCUT2D eigenvalue weighted by molar-refractivity contribution is -0.0287. The number of benzene rings is 1. The van der Waals surface area contributed by atoms with E-state index in [-0.39, 0.29) is 24.1 Å². The third-order valence-electron chi connectivity index (χ3n) is 6.47. The summed E-state index contributed by atoms with van der Waals surface area (Å²) >= 11 is 0. The number of nitrogens with zero attached hydrogens (tertiary/aromatic N) is 4. The van der Waals surface area contributed by atoms with Crippen LogP contribution in [0.4, 0.5) is 14.7 Å². The summed E-state index contributed by atoms with van der Waals surface area (Å²) in [5.41, 5.74) is 1.41. The van der Waals surface area contributed by atoms with Crippen LogP contribution in [0, 0.1) is 0 Å². The van der Waals surface area contributed by atoms with Gasteiger partial charge in [0, 0.05) is 11.6 Å². The molecule has 1 saturated heterocycles. The molecule has 4 atom stereocenters. The van der Waals surface area contributed by atoms with Crippen LogP contribution in [0.2, 0.25) is 0 Å². The quantitative estimate of drug-likeness (QED) is 0.477. The molecule has 3 aromatic rings. The Bertz CT molecular complexity index is 1140. The van der Waals surface area contributed by atoms with Crippen molar-refractivity contribution in [2.45, 2.75) is 76.2 Å². The topological polar surface area (TPSA) is 115 Å². The summed E-state index contributed by atoms with van der Waals surface area (Å²) in [4.78, 5) is 13.3. The monoisotopic (exact) mass is 475 g/mol. The Morgan fingerprint density at radius 1 is 1.15 bits per heavy atom. The highest BCUT2D eigenvalue weighted by Gasteiger charge is 2.43. The average molecular weight is 475 g/mol. The van der Waals surface area contributed by atoms with Gasteiger partial charge in [-0.1, -0.05) is 37.1 Å². The van der Waals surface area contributed by atoms with Crippen LogP contribution in [0.3, 0.4) is 0 Å². The van der Waals surface area contributed by atoms with Crippen molar-refractivity contribution in [1.82, 2.24) is 19.5 Å². The van der Waals surface area contributed by atoms with Crippen LogP contribution >= 0.6 is 0 Å². The van der Waals surface area contributed by atoms with Crippen LogP contribution in [0.1, 0.15) is 56.4 Å². The van der Waals surface area contributed by atoms with Crippen LogP contribution in [0.5, 0.6) is 5.88 Å². The fraction of sp³-hybridized carbons (Fsp3) is 0.522. The van der Waals surface area contributed by atoms with Crippen molar-refractivity contribution in [3.63, 3.8) is 0 Å². The van der Waals surface area contributed by atoms with Crippen LogP contribution in [0.15, 0.2) is 30.6 Å². The van der Waals surface area contributed by atoms with E-state index in [9.17, 15) is 19.0 Å². The number of aliphatic hydroxyl groups excluding tert-OH is 2. The molecule has 2 aromatic heterocycles. The van der Waals surface area contributed by atoms with E-state index >= 15 is 0 Å². The van der Waals surface area contributed by atoms with Crippen molar-refractivity contribution in [2.75, 3.05) is 5.32 Å². The van der Waals surface area contributed by atoms with Crippen molar-refractivity contribution in [2.24, 2.45) is 0 Å². The minimum Gasteiger partial charge on any atom is -0.471 e. The van der Waals surface area contributed by atoms with Gasteiger partial charge in [0.15, 0.2) is 17.4 Å². The van der Waals surface area contributed by atoms with Gasteiger partial charge in [-0.25, -0.2) is 18.7 Å². The van der Waals surface area contributed by atoms with Gasteiger partial charge < -0.3 is 25.0 Å². The minimum atomic E-state index is -2.53. The largest absolute Gasteiger partial charge is 0.471 e. The van der Waals surface area contributed by atoms with E-state index in [4.69, 9.17) is 9.47 Å². The fourth-order valence-electron chi connectivity index (χ4n) is 4.54. The predicted octanol–water partition coefficient (Wildman–Crippen LogP) is 3.34. The van der Waals surface area contributed by atoms with Gasteiger partial charge in [0.1, 0.15) is 25.1 Å². The predicted molar refractivity (Wildman–Crippen MR) is 119 cm³/mol. The van der Waals surface area contributed by atoms with Gasteiger partial charge in [-0.05, 0) is 25.3 Å². The van der Waals surface area contributed by atoms with E-state index in [0.717, 1.165) is 25.7 Å². The summed E-state index contributed by atoms with van der Waals surface area (Å²) in [5, 5.41) is 24.3. The van der Waals surface area contributed by atoms with Crippen molar-refractivity contribution in [1.29, 1.82) is 0 Å². The molecule has 0 amide bonds. The molecule has 1 aliphatic heterocycles.